The van der Waals surface area contributed by atoms with Crippen LogP contribution in [0.15, 0.2) is 23.1 Å². The first-order valence-electron chi connectivity index (χ1n) is 8.71. The number of amides is 1. The van der Waals surface area contributed by atoms with Crippen LogP contribution in [0.5, 0.6) is 5.75 Å². The number of benzene rings is 1. The molecular weight excluding hydrogens is 378 g/mol. The average Bonchev–Trinajstić information content (AvgIpc) is 3.28. The van der Waals surface area contributed by atoms with Crippen molar-refractivity contribution >= 4 is 28.3 Å². The number of carbonyl (C=O) groups is 1. The molecule has 3 N–H and O–H groups in total. The summed E-state index contributed by atoms with van der Waals surface area (Å²) in [6, 6.07) is 4.55. The Morgan fingerprint density at radius 1 is 1.19 bits per heavy atom. The van der Waals surface area contributed by atoms with Gasteiger partial charge in [-0.1, -0.05) is 12.8 Å². The van der Waals surface area contributed by atoms with Gasteiger partial charge in [-0.3, -0.25) is 4.79 Å². The Kier molecular flexibility index (Phi) is 7.28. The molecule has 146 valence electrons. The lowest BCUT2D eigenvalue weighted by atomic mass is 10.2. The average molecular weight is 404 g/mol. The predicted molar refractivity (Wildman–Crippen MR) is 102 cm³/mol. The van der Waals surface area contributed by atoms with Crippen molar-refractivity contribution in [2.45, 2.75) is 49.1 Å². The van der Waals surface area contributed by atoms with Crippen LogP contribution in [-0.2, 0) is 10.0 Å². The first kappa shape index (κ1) is 21.0. The molecule has 7 nitrogen and oxygen atoms in total. The van der Waals surface area contributed by atoms with Crippen molar-refractivity contribution in [3.8, 4) is 5.75 Å². The van der Waals surface area contributed by atoms with E-state index in [0.717, 1.165) is 45.2 Å². The van der Waals surface area contributed by atoms with Crippen LogP contribution >= 0.6 is 12.4 Å². The van der Waals surface area contributed by atoms with E-state index in [-0.39, 0.29) is 41.0 Å². The molecule has 1 unspecified atom stereocenters. The molecule has 26 heavy (non-hydrogen) atoms. The second-order valence-electron chi connectivity index (χ2n) is 6.63. The van der Waals surface area contributed by atoms with Crippen molar-refractivity contribution in [1.82, 2.24) is 15.4 Å². The first-order chi connectivity index (χ1) is 12.0. The maximum Gasteiger partial charge on any atom is 0.251 e. The first-order valence-corrected chi connectivity index (χ1v) is 10.2. The van der Waals surface area contributed by atoms with Gasteiger partial charge in [-0.25, -0.2) is 13.1 Å². The Balaban J connectivity index is 0.00000243. The normalized spacial score (nSPS) is 20.6. The molecule has 1 amide bonds. The lowest BCUT2D eigenvalue weighted by Crippen LogP contribution is -2.36. The van der Waals surface area contributed by atoms with Crippen molar-refractivity contribution in [3.63, 3.8) is 0 Å². The van der Waals surface area contributed by atoms with Gasteiger partial charge in [0.2, 0.25) is 10.0 Å². The monoisotopic (exact) mass is 403 g/mol. The van der Waals surface area contributed by atoms with Gasteiger partial charge in [0.15, 0.2) is 0 Å². The van der Waals surface area contributed by atoms with Crippen LogP contribution in [-0.4, -0.2) is 46.6 Å². The van der Waals surface area contributed by atoms with E-state index >= 15 is 0 Å². The van der Waals surface area contributed by atoms with E-state index in [1.54, 1.807) is 6.07 Å². The van der Waals surface area contributed by atoms with Crippen LogP contribution in [0.25, 0.3) is 0 Å². The molecule has 1 aromatic carbocycles. The lowest BCUT2D eigenvalue weighted by molar-refractivity contribution is 0.0940. The molecular formula is C17H26ClN3O4S. The lowest BCUT2D eigenvalue weighted by Gasteiger charge is -2.16. The summed E-state index contributed by atoms with van der Waals surface area (Å²) in [5, 5.41) is 6.11. The Morgan fingerprint density at radius 2 is 1.92 bits per heavy atom. The van der Waals surface area contributed by atoms with Gasteiger partial charge in [-0.15, -0.1) is 12.4 Å². The molecule has 1 aliphatic carbocycles. The van der Waals surface area contributed by atoms with Crippen molar-refractivity contribution in [2.75, 3.05) is 20.2 Å². The molecule has 1 aromatic rings. The topological polar surface area (TPSA) is 96.5 Å². The summed E-state index contributed by atoms with van der Waals surface area (Å²) in [6.45, 7) is 1.61. The quantitative estimate of drug-likeness (QED) is 0.667. The number of hydrogen-bond donors (Lipinski definition) is 3. The van der Waals surface area contributed by atoms with Crippen LogP contribution in [0, 0.1) is 0 Å². The van der Waals surface area contributed by atoms with Gasteiger partial charge in [-0.2, -0.15) is 0 Å². The van der Waals surface area contributed by atoms with Gasteiger partial charge in [0.05, 0.1) is 7.11 Å². The van der Waals surface area contributed by atoms with Crippen LogP contribution in [0.2, 0.25) is 0 Å². The Labute approximate surface area is 160 Å². The highest BCUT2D eigenvalue weighted by molar-refractivity contribution is 7.89. The van der Waals surface area contributed by atoms with Crippen LogP contribution in [0.3, 0.4) is 0 Å². The molecule has 1 atom stereocenters. The number of rotatable bonds is 6. The fourth-order valence-electron chi connectivity index (χ4n) is 3.40. The van der Waals surface area contributed by atoms with E-state index in [1.807, 2.05) is 0 Å². The van der Waals surface area contributed by atoms with E-state index in [0.29, 0.717) is 5.56 Å². The molecule has 1 heterocycles. The third kappa shape index (κ3) is 4.88. The Hall–Kier alpha value is -1.35. The highest BCUT2D eigenvalue weighted by Gasteiger charge is 2.27. The SMILES string of the molecule is COc1ccc(C(=O)NC2CCNC2)cc1S(=O)(=O)NC1CCCC1.Cl. The maximum absolute atomic E-state index is 12.8. The fraction of sp³-hybridized carbons (Fsp3) is 0.588. The molecule has 1 aliphatic heterocycles. The number of sulfonamides is 1. The fourth-order valence-corrected chi connectivity index (χ4v) is 4.90. The molecule has 1 saturated heterocycles. The molecule has 0 spiro atoms. The largest absolute Gasteiger partial charge is 0.495 e. The zero-order chi connectivity index (χ0) is 17.9. The molecule has 2 aliphatic rings. The van der Waals surface area contributed by atoms with E-state index in [4.69, 9.17) is 4.74 Å². The van der Waals surface area contributed by atoms with Crippen LogP contribution in [0.4, 0.5) is 0 Å². The Morgan fingerprint density at radius 3 is 2.54 bits per heavy atom. The zero-order valence-electron chi connectivity index (χ0n) is 14.8. The van der Waals surface area contributed by atoms with Crippen molar-refractivity contribution < 1.29 is 17.9 Å². The van der Waals surface area contributed by atoms with E-state index in [9.17, 15) is 13.2 Å². The summed E-state index contributed by atoms with van der Waals surface area (Å²) in [5.41, 5.74) is 0.319. The standard InChI is InChI=1S/C17H25N3O4S.ClH/c1-24-15-7-6-12(17(21)19-14-8-9-18-11-14)10-16(15)25(22,23)20-13-4-2-3-5-13;/h6-7,10,13-14,18,20H,2-5,8-9,11H2,1H3,(H,19,21);1H. The van der Waals surface area contributed by atoms with Gasteiger partial charge < -0.3 is 15.4 Å². The third-order valence-electron chi connectivity index (χ3n) is 4.79. The van der Waals surface area contributed by atoms with Gasteiger partial charge in [0, 0.05) is 24.2 Å². The molecule has 9 heteroatoms. The molecule has 1 saturated carbocycles. The number of ether oxygens (including phenoxy) is 1. The number of hydrogen-bond acceptors (Lipinski definition) is 5. The molecule has 0 aromatic heterocycles. The van der Waals surface area contributed by atoms with Crippen LogP contribution in [0.1, 0.15) is 42.5 Å². The second-order valence-corrected chi connectivity index (χ2v) is 8.31. The summed E-state index contributed by atoms with van der Waals surface area (Å²) in [7, 11) is -2.31. The van der Waals surface area contributed by atoms with Gasteiger partial charge >= 0.3 is 0 Å². The van der Waals surface area contributed by atoms with Gasteiger partial charge in [0.1, 0.15) is 10.6 Å². The molecule has 3 rings (SSSR count). The maximum atomic E-state index is 12.8. The van der Waals surface area contributed by atoms with E-state index in [2.05, 4.69) is 15.4 Å². The van der Waals surface area contributed by atoms with Crippen molar-refractivity contribution in [2.24, 2.45) is 0 Å². The summed E-state index contributed by atoms with van der Waals surface area (Å²) >= 11 is 0. The minimum Gasteiger partial charge on any atom is -0.495 e. The minimum absolute atomic E-state index is 0. The van der Waals surface area contributed by atoms with Crippen molar-refractivity contribution in [3.05, 3.63) is 23.8 Å². The molecule has 2 fully saturated rings. The zero-order valence-corrected chi connectivity index (χ0v) is 16.4. The van der Waals surface area contributed by atoms with E-state index < -0.39 is 10.0 Å². The number of methoxy groups -OCH3 is 1. The van der Waals surface area contributed by atoms with Gasteiger partial charge in [-0.05, 0) is 44.0 Å². The number of halogens is 1. The smallest absolute Gasteiger partial charge is 0.251 e. The number of carbonyl (C=O) groups excluding carboxylic acids is 1. The summed E-state index contributed by atoms with van der Waals surface area (Å²) in [6.07, 6.45) is 4.62. The second kappa shape index (κ2) is 9.03. The highest BCUT2D eigenvalue weighted by Crippen LogP contribution is 2.27. The summed E-state index contributed by atoms with van der Waals surface area (Å²) < 4.78 is 33.4. The number of nitrogens with one attached hydrogen (secondary N) is 3. The summed E-state index contributed by atoms with van der Waals surface area (Å²) in [5.74, 6) is -0.0294. The third-order valence-corrected chi connectivity index (χ3v) is 6.33. The minimum atomic E-state index is -3.74. The predicted octanol–water partition coefficient (Wildman–Crippen LogP) is 1.43. The van der Waals surface area contributed by atoms with Crippen LogP contribution < -0.4 is 20.1 Å². The summed E-state index contributed by atoms with van der Waals surface area (Å²) in [4.78, 5) is 12.4. The van der Waals surface area contributed by atoms with E-state index in [1.165, 1.54) is 19.2 Å². The molecule has 0 radical (unpaired) electrons. The molecule has 0 bridgehead atoms. The van der Waals surface area contributed by atoms with Gasteiger partial charge in [0.25, 0.3) is 5.91 Å². The Bertz CT molecular complexity index is 730. The van der Waals surface area contributed by atoms with Crippen molar-refractivity contribution in [1.29, 1.82) is 0 Å². The highest BCUT2D eigenvalue weighted by atomic mass is 35.5.